The minimum Gasteiger partial charge on any atom is -0.454 e. The average Bonchev–Trinajstić information content (AvgIpc) is 3.15. The molecule has 1 fully saturated rings. The number of aryl methyl sites for hydroxylation is 1. The molecule has 0 spiro atoms. The molecule has 0 saturated heterocycles. The van der Waals surface area contributed by atoms with Crippen LogP contribution in [-0.4, -0.2) is 33.7 Å². The van der Waals surface area contributed by atoms with Gasteiger partial charge in [0.25, 0.3) is 0 Å². The number of hydrogen-bond donors (Lipinski definition) is 0. The van der Waals surface area contributed by atoms with Crippen molar-refractivity contribution in [3.8, 4) is 17.6 Å². The predicted molar refractivity (Wildman–Crippen MR) is 102 cm³/mol. The second-order valence-electron chi connectivity index (χ2n) is 7.16. The molecule has 2 aromatic carbocycles. The van der Waals surface area contributed by atoms with Gasteiger partial charge >= 0.3 is 0 Å². The molecule has 1 saturated carbocycles. The fraction of sp³-hybridized carbons (Fsp3) is 0.381. The molecule has 0 aromatic heterocycles. The fourth-order valence-electron chi connectivity index (χ4n) is 3.92. The SMILES string of the molecule is CCOC[C@@]1(C#N)[C@@H](c2ccc3c(c2)OCO3)[C@@H]1S(=O)(=O)c1ccc(C)cc1. The number of nitrogens with zero attached hydrogens (tertiary/aromatic N) is 1. The summed E-state index contributed by atoms with van der Waals surface area (Å²) in [6, 6.07) is 14.3. The molecule has 0 unspecified atom stereocenters. The van der Waals surface area contributed by atoms with Crippen molar-refractivity contribution in [2.45, 2.75) is 29.9 Å². The highest BCUT2D eigenvalue weighted by atomic mass is 32.2. The van der Waals surface area contributed by atoms with Crippen LogP contribution in [0.15, 0.2) is 47.4 Å². The van der Waals surface area contributed by atoms with Gasteiger partial charge in [0.2, 0.25) is 6.79 Å². The van der Waals surface area contributed by atoms with Crippen LogP contribution in [0.5, 0.6) is 11.5 Å². The Morgan fingerprint density at radius 2 is 1.89 bits per heavy atom. The summed E-state index contributed by atoms with van der Waals surface area (Å²) in [7, 11) is -3.72. The normalized spacial score (nSPS) is 25.3. The molecule has 0 N–H and O–H groups in total. The largest absolute Gasteiger partial charge is 0.454 e. The summed E-state index contributed by atoms with van der Waals surface area (Å²) in [6.45, 7) is 4.34. The maximum absolute atomic E-state index is 13.4. The van der Waals surface area contributed by atoms with Crippen LogP contribution in [0.25, 0.3) is 0 Å². The Morgan fingerprint density at radius 1 is 1.18 bits per heavy atom. The maximum Gasteiger partial charge on any atom is 0.231 e. The molecule has 0 bridgehead atoms. The lowest BCUT2D eigenvalue weighted by atomic mass is 10.0. The Kier molecular flexibility index (Phi) is 4.56. The second-order valence-corrected chi connectivity index (χ2v) is 9.23. The number of sulfone groups is 1. The van der Waals surface area contributed by atoms with Crippen molar-refractivity contribution in [2.75, 3.05) is 20.0 Å². The molecule has 7 heteroatoms. The number of benzene rings is 2. The van der Waals surface area contributed by atoms with Crippen molar-refractivity contribution in [3.05, 3.63) is 53.6 Å². The van der Waals surface area contributed by atoms with Gasteiger partial charge in [0.1, 0.15) is 5.41 Å². The lowest BCUT2D eigenvalue weighted by molar-refractivity contribution is 0.117. The van der Waals surface area contributed by atoms with Gasteiger partial charge < -0.3 is 14.2 Å². The van der Waals surface area contributed by atoms with Crippen molar-refractivity contribution in [1.82, 2.24) is 0 Å². The molecule has 2 aliphatic rings. The first kappa shape index (κ1) is 18.8. The van der Waals surface area contributed by atoms with Crippen LogP contribution in [0.2, 0.25) is 0 Å². The molecular weight excluding hydrogens is 378 g/mol. The van der Waals surface area contributed by atoms with E-state index in [0.717, 1.165) is 11.1 Å². The molecule has 1 heterocycles. The molecule has 28 heavy (non-hydrogen) atoms. The Bertz CT molecular complexity index is 1040. The van der Waals surface area contributed by atoms with Gasteiger partial charge in [-0.25, -0.2) is 8.42 Å². The first-order valence-electron chi connectivity index (χ1n) is 9.13. The number of ether oxygens (including phenoxy) is 3. The molecule has 1 aliphatic carbocycles. The molecule has 6 nitrogen and oxygen atoms in total. The zero-order chi connectivity index (χ0) is 19.9. The van der Waals surface area contributed by atoms with Crippen LogP contribution in [0.3, 0.4) is 0 Å². The van der Waals surface area contributed by atoms with Crippen LogP contribution in [-0.2, 0) is 14.6 Å². The molecule has 146 valence electrons. The molecule has 0 radical (unpaired) electrons. The Labute approximate surface area is 164 Å². The van der Waals surface area contributed by atoms with Crippen molar-refractivity contribution in [3.63, 3.8) is 0 Å². The van der Waals surface area contributed by atoms with Gasteiger partial charge in [-0.3, -0.25) is 0 Å². The van der Waals surface area contributed by atoms with Crippen LogP contribution >= 0.6 is 0 Å². The summed E-state index contributed by atoms with van der Waals surface area (Å²) in [5.74, 6) is 0.693. The minimum atomic E-state index is -3.72. The van der Waals surface area contributed by atoms with E-state index >= 15 is 0 Å². The van der Waals surface area contributed by atoms with Crippen LogP contribution in [0.4, 0.5) is 0 Å². The predicted octanol–water partition coefficient (Wildman–Crippen LogP) is 3.21. The van der Waals surface area contributed by atoms with Crippen molar-refractivity contribution < 1.29 is 22.6 Å². The standard InChI is InChI=1S/C21H21NO5S/c1-3-25-12-21(11-22)19(15-6-9-17-18(10-15)27-13-26-17)20(21)28(23,24)16-7-4-14(2)5-8-16/h4-10,19-20H,3,12-13H2,1-2H3/t19-,20-,21-/m0/s1. The van der Waals surface area contributed by atoms with Gasteiger partial charge in [0.15, 0.2) is 21.3 Å². The first-order valence-corrected chi connectivity index (χ1v) is 10.7. The van der Waals surface area contributed by atoms with E-state index < -0.39 is 26.4 Å². The highest BCUT2D eigenvalue weighted by molar-refractivity contribution is 7.92. The molecule has 4 rings (SSSR count). The first-order chi connectivity index (χ1) is 13.4. The summed E-state index contributed by atoms with van der Waals surface area (Å²) in [4.78, 5) is 0.225. The lowest BCUT2D eigenvalue weighted by Gasteiger charge is -2.10. The molecular formula is C21H21NO5S. The van der Waals surface area contributed by atoms with Gasteiger partial charge in [-0.2, -0.15) is 5.26 Å². The second kappa shape index (κ2) is 6.80. The molecule has 0 amide bonds. The van der Waals surface area contributed by atoms with Gasteiger partial charge in [-0.1, -0.05) is 23.8 Å². The van der Waals surface area contributed by atoms with Gasteiger partial charge in [0.05, 0.1) is 22.8 Å². The van der Waals surface area contributed by atoms with E-state index in [9.17, 15) is 13.7 Å². The third kappa shape index (κ3) is 2.84. The summed E-state index contributed by atoms with van der Waals surface area (Å²) >= 11 is 0. The van der Waals surface area contributed by atoms with E-state index in [1.165, 1.54) is 0 Å². The molecule has 3 atom stereocenters. The van der Waals surface area contributed by atoms with E-state index in [1.807, 2.05) is 13.8 Å². The van der Waals surface area contributed by atoms with Crippen molar-refractivity contribution in [1.29, 1.82) is 5.26 Å². The van der Waals surface area contributed by atoms with Gasteiger partial charge in [0, 0.05) is 12.5 Å². The summed E-state index contributed by atoms with van der Waals surface area (Å²) < 4.78 is 43.1. The quantitative estimate of drug-likeness (QED) is 0.741. The lowest BCUT2D eigenvalue weighted by Crippen LogP contribution is -2.19. The Hall–Kier alpha value is -2.56. The van der Waals surface area contributed by atoms with E-state index in [-0.39, 0.29) is 18.3 Å². The molecule has 1 aliphatic heterocycles. The van der Waals surface area contributed by atoms with Crippen LogP contribution in [0.1, 0.15) is 24.0 Å². The smallest absolute Gasteiger partial charge is 0.231 e. The summed E-state index contributed by atoms with van der Waals surface area (Å²) in [5.41, 5.74) is 0.585. The van der Waals surface area contributed by atoms with E-state index in [0.29, 0.717) is 18.1 Å². The third-order valence-electron chi connectivity index (χ3n) is 5.45. The van der Waals surface area contributed by atoms with Crippen molar-refractivity contribution in [2.24, 2.45) is 5.41 Å². The highest BCUT2D eigenvalue weighted by Gasteiger charge is 2.72. The van der Waals surface area contributed by atoms with Gasteiger partial charge in [-0.05, 0) is 43.7 Å². The fourth-order valence-corrected chi connectivity index (χ4v) is 6.23. The van der Waals surface area contributed by atoms with Crippen LogP contribution in [0, 0.1) is 23.7 Å². The number of nitriles is 1. The summed E-state index contributed by atoms with van der Waals surface area (Å²) in [5, 5.41) is 9.11. The zero-order valence-electron chi connectivity index (χ0n) is 15.7. The average molecular weight is 399 g/mol. The van der Waals surface area contributed by atoms with Crippen LogP contribution < -0.4 is 9.47 Å². The number of rotatable bonds is 6. The summed E-state index contributed by atoms with van der Waals surface area (Å²) in [6.07, 6.45) is 0. The van der Waals surface area contributed by atoms with Crippen molar-refractivity contribution >= 4 is 9.84 Å². The minimum absolute atomic E-state index is 0.0644. The monoisotopic (exact) mass is 399 g/mol. The number of fused-ring (bicyclic) bond motifs is 1. The third-order valence-corrected chi connectivity index (χ3v) is 7.74. The Morgan fingerprint density at radius 3 is 2.57 bits per heavy atom. The van der Waals surface area contributed by atoms with E-state index in [2.05, 4.69) is 6.07 Å². The topological polar surface area (TPSA) is 85.6 Å². The van der Waals surface area contributed by atoms with Gasteiger partial charge in [-0.15, -0.1) is 0 Å². The zero-order valence-corrected chi connectivity index (χ0v) is 16.5. The Balaban J connectivity index is 1.77. The number of hydrogen-bond acceptors (Lipinski definition) is 6. The van der Waals surface area contributed by atoms with E-state index in [4.69, 9.17) is 14.2 Å². The maximum atomic E-state index is 13.4. The van der Waals surface area contributed by atoms with E-state index in [1.54, 1.807) is 42.5 Å². The highest BCUT2D eigenvalue weighted by Crippen LogP contribution is 2.64. The molecule has 2 aromatic rings.